The maximum Gasteiger partial charge on any atom is 0.130 e. The number of hydrogen-bond donors (Lipinski definition) is 1. The third kappa shape index (κ3) is 3.01. The molecule has 2 N–H and O–H groups in total. The van der Waals surface area contributed by atoms with Crippen molar-refractivity contribution in [3.05, 3.63) is 35.4 Å². The van der Waals surface area contributed by atoms with Gasteiger partial charge in [0.25, 0.3) is 0 Å². The normalized spacial score (nSPS) is 28.4. The second-order valence-electron chi connectivity index (χ2n) is 5.82. The summed E-state index contributed by atoms with van der Waals surface area (Å²) in [6.07, 6.45) is 3.69. The second-order valence-corrected chi connectivity index (χ2v) is 5.82. The van der Waals surface area contributed by atoms with Crippen LogP contribution < -0.4 is 5.73 Å². The van der Waals surface area contributed by atoms with E-state index in [2.05, 4.69) is 6.92 Å². The molecule has 0 heterocycles. The van der Waals surface area contributed by atoms with Crippen LogP contribution in [-0.4, -0.2) is 12.2 Å². The molecule has 0 aromatic heterocycles. The first-order valence-corrected chi connectivity index (χ1v) is 7.33. The Hall–Kier alpha value is -1.00. The van der Waals surface area contributed by atoms with E-state index in [1.165, 1.54) is 12.1 Å². The van der Waals surface area contributed by atoms with Crippen molar-refractivity contribution in [1.29, 1.82) is 0 Å². The molecule has 0 saturated heterocycles. The summed E-state index contributed by atoms with van der Waals surface area (Å²) in [5.74, 6) is -0.523. The molecule has 112 valence electrons. The van der Waals surface area contributed by atoms with Gasteiger partial charge in [0.05, 0.1) is 11.6 Å². The Balaban J connectivity index is 2.28. The average molecular weight is 283 g/mol. The van der Waals surface area contributed by atoms with Crippen LogP contribution in [0, 0.1) is 17.6 Å². The lowest BCUT2D eigenvalue weighted by Gasteiger charge is -2.43. The Labute approximate surface area is 119 Å². The van der Waals surface area contributed by atoms with Gasteiger partial charge in [-0.3, -0.25) is 0 Å². The molecule has 1 aromatic rings. The standard InChI is InChI=1S/C16H23F2NO/c1-3-20-16(8-6-11(2)7-9-16)15(19)13-5-4-12(17)10-14(13)18/h4-5,10-11,15H,3,6-9,19H2,1-2H3. The van der Waals surface area contributed by atoms with E-state index in [9.17, 15) is 8.78 Å². The monoisotopic (exact) mass is 283 g/mol. The first-order chi connectivity index (χ1) is 9.48. The summed E-state index contributed by atoms with van der Waals surface area (Å²) in [4.78, 5) is 0. The Kier molecular flexibility index (Phi) is 4.76. The number of nitrogens with two attached hydrogens (primary N) is 1. The van der Waals surface area contributed by atoms with Gasteiger partial charge in [0.2, 0.25) is 0 Å². The zero-order chi connectivity index (χ0) is 14.8. The lowest BCUT2D eigenvalue weighted by atomic mass is 9.73. The first-order valence-electron chi connectivity index (χ1n) is 7.33. The minimum absolute atomic E-state index is 0.342. The first kappa shape index (κ1) is 15.4. The maximum atomic E-state index is 14.0. The lowest BCUT2D eigenvalue weighted by Crippen LogP contribution is -2.46. The van der Waals surface area contributed by atoms with Gasteiger partial charge in [0.1, 0.15) is 11.6 Å². The van der Waals surface area contributed by atoms with Crippen LogP contribution in [0.5, 0.6) is 0 Å². The van der Waals surface area contributed by atoms with E-state index in [-0.39, 0.29) is 0 Å². The van der Waals surface area contributed by atoms with Crippen LogP contribution in [0.25, 0.3) is 0 Å². The van der Waals surface area contributed by atoms with Crippen molar-refractivity contribution in [3.63, 3.8) is 0 Å². The van der Waals surface area contributed by atoms with E-state index in [1.807, 2.05) is 6.92 Å². The third-order valence-electron chi connectivity index (χ3n) is 4.42. The van der Waals surface area contributed by atoms with Crippen LogP contribution in [0.15, 0.2) is 18.2 Å². The Bertz CT molecular complexity index is 456. The highest BCUT2D eigenvalue weighted by Crippen LogP contribution is 2.42. The highest BCUT2D eigenvalue weighted by molar-refractivity contribution is 5.25. The molecule has 0 amide bonds. The van der Waals surface area contributed by atoms with E-state index in [0.29, 0.717) is 18.1 Å². The fraction of sp³-hybridized carbons (Fsp3) is 0.625. The molecule has 20 heavy (non-hydrogen) atoms. The molecule has 0 radical (unpaired) electrons. The highest BCUT2D eigenvalue weighted by atomic mass is 19.1. The van der Waals surface area contributed by atoms with Crippen LogP contribution in [-0.2, 0) is 4.74 Å². The third-order valence-corrected chi connectivity index (χ3v) is 4.42. The largest absolute Gasteiger partial charge is 0.373 e. The summed E-state index contributed by atoms with van der Waals surface area (Å²) in [7, 11) is 0. The minimum atomic E-state index is -0.588. The quantitative estimate of drug-likeness (QED) is 0.908. The molecule has 2 nitrogen and oxygen atoms in total. The number of benzene rings is 1. The van der Waals surface area contributed by atoms with Crippen molar-refractivity contribution >= 4 is 0 Å². The van der Waals surface area contributed by atoms with Gasteiger partial charge in [-0.1, -0.05) is 13.0 Å². The molecular formula is C16H23F2NO. The summed E-state index contributed by atoms with van der Waals surface area (Å²) in [6.45, 7) is 4.68. The van der Waals surface area contributed by atoms with E-state index in [0.717, 1.165) is 31.7 Å². The summed E-state index contributed by atoms with van der Waals surface area (Å²) in [6, 6.07) is 3.02. The van der Waals surface area contributed by atoms with Crippen molar-refractivity contribution < 1.29 is 13.5 Å². The fourth-order valence-electron chi connectivity index (χ4n) is 3.12. The average Bonchev–Trinajstić information content (AvgIpc) is 2.41. The van der Waals surface area contributed by atoms with Gasteiger partial charge in [0.15, 0.2) is 0 Å². The summed E-state index contributed by atoms with van der Waals surface area (Å²) in [5.41, 5.74) is 6.11. The molecule has 1 aromatic carbocycles. The number of ether oxygens (including phenoxy) is 1. The molecule has 0 bridgehead atoms. The predicted octanol–water partition coefficient (Wildman–Crippen LogP) is 3.95. The second kappa shape index (κ2) is 6.19. The molecule has 1 unspecified atom stereocenters. The van der Waals surface area contributed by atoms with Crippen LogP contribution in [0.3, 0.4) is 0 Å². The molecule has 1 aliphatic rings. The van der Waals surface area contributed by atoms with Gasteiger partial charge < -0.3 is 10.5 Å². The van der Waals surface area contributed by atoms with E-state index >= 15 is 0 Å². The van der Waals surface area contributed by atoms with Crippen molar-refractivity contribution in [2.75, 3.05) is 6.61 Å². The molecule has 0 spiro atoms. The van der Waals surface area contributed by atoms with Gasteiger partial charge in [-0.05, 0) is 44.6 Å². The van der Waals surface area contributed by atoms with Crippen molar-refractivity contribution in [2.24, 2.45) is 11.7 Å². The smallest absolute Gasteiger partial charge is 0.130 e. The van der Waals surface area contributed by atoms with Crippen molar-refractivity contribution in [1.82, 2.24) is 0 Å². The number of hydrogen-bond acceptors (Lipinski definition) is 2. The van der Waals surface area contributed by atoms with E-state index in [4.69, 9.17) is 10.5 Å². The molecule has 1 atom stereocenters. The van der Waals surface area contributed by atoms with Crippen LogP contribution in [0.1, 0.15) is 51.1 Å². The topological polar surface area (TPSA) is 35.2 Å². The summed E-state index contributed by atoms with van der Waals surface area (Å²) < 4.78 is 32.9. The molecule has 4 heteroatoms. The van der Waals surface area contributed by atoms with Gasteiger partial charge in [-0.25, -0.2) is 8.78 Å². The lowest BCUT2D eigenvalue weighted by molar-refractivity contribution is -0.0902. The van der Waals surface area contributed by atoms with Crippen LogP contribution in [0.4, 0.5) is 8.78 Å². The Morgan fingerprint density at radius 3 is 2.55 bits per heavy atom. The predicted molar refractivity (Wildman–Crippen MR) is 75.3 cm³/mol. The van der Waals surface area contributed by atoms with Crippen molar-refractivity contribution in [3.8, 4) is 0 Å². The molecule has 0 aliphatic heterocycles. The minimum Gasteiger partial charge on any atom is -0.373 e. The Morgan fingerprint density at radius 1 is 1.35 bits per heavy atom. The highest BCUT2D eigenvalue weighted by Gasteiger charge is 2.41. The van der Waals surface area contributed by atoms with Crippen LogP contribution in [0.2, 0.25) is 0 Å². The van der Waals surface area contributed by atoms with Gasteiger partial charge in [-0.15, -0.1) is 0 Å². The number of halogens is 2. The van der Waals surface area contributed by atoms with E-state index < -0.39 is 23.3 Å². The molecule has 1 aliphatic carbocycles. The van der Waals surface area contributed by atoms with Crippen molar-refractivity contribution in [2.45, 2.75) is 51.2 Å². The molecule has 2 rings (SSSR count). The molecule has 1 saturated carbocycles. The van der Waals surface area contributed by atoms with Crippen LogP contribution >= 0.6 is 0 Å². The molecule has 1 fully saturated rings. The maximum absolute atomic E-state index is 14.0. The number of rotatable bonds is 4. The zero-order valence-corrected chi connectivity index (χ0v) is 12.2. The summed E-state index contributed by atoms with van der Waals surface area (Å²) >= 11 is 0. The van der Waals surface area contributed by atoms with Gasteiger partial charge in [0, 0.05) is 18.2 Å². The molecular weight excluding hydrogens is 260 g/mol. The van der Waals surface area contributed by atoms with Gasteiger partial charge >= 0.3 is 0 Å². The summed E-state index contributed by atoms with van der Waals surface area (Å²) in [5, 5.41) is 0. The Morgan fingerprint density at radius 2 is 2.00 bits per heavy atom. The zero-order valence-electron chi connectivity index (χ0n) is 12.2. The van der Waals surface area contributed by atoms with Gasteiger partial charge in [-0.2, -0.15) is 0 Å². The van der Waals surface area contributed by atoms with E-state index in [1.54, 1.807) is 0 Å². The SMILES string of the molecule is CCOC1(C(N)c2ccc(F)cc2F)CCC(C)CC1. The fourth-order valence-corrected chi connectivity index (χ4v) is 3.12.